The largest absolute Gasteiger partial charge is 0.374 e. The predicted octanol–water partition coefficient (Wildman–Crippen LogP) is 2.58. The van der Waals surface area contributed by atoms with E-state index in [2.05, 4.69) is 17.2 Å². The Morgan fingerprint density at radius 2 is 2.35 bits per heavy atom. The lowest BCUT2D eigenvalue weighted by molar-refractivity contribution is -0.121. The average Bonchev–Trinajstić information content (AvgIpc) is 2.30. The van der Waals surface area contributed by atoms with Crippen LogP contribution < -0.4 is 10.6 Å². The molecule has 0 heterocycles. The molecule has 0 fully saturated rings. The molecule has 0 bridgehead atoms. The summed E-state index contributed by atoms with van der Waals surface area (Å²) in [6.07, 6.45) is 1.60. The molecule has 0 saturated carbocycles. The summed E-state index contributed by atoms with van der Waals surface area (Å²) < 4.78 is 12.9. The van der Waals surface area contributed by atoms with Gasteiger partial charge in [0.15, 0.2) is 0 Å². The third kappa shape index (κ3) is 4.07. The van der Waals surface area contributed by atoms with Crippen LogP contribution in [0.4, 0.5) is 10.1 Å². The monoisotopic (exact) mass is 256 g/mol. The first-order valence-electron chi connectivity index (χ1n) is 5.14. The highest BCUT2D eigenvalue weighted by molar-refractivity contribution is 6.31. The number of hydrogen-bond donors (Lipinski definition) is 2. The summed E-state index contributed by atoms with van der Waals surface area (Å²) in [7, 11) is 0. The van der Waals surface area contributed by atoms with Crippen molar-refractivity contribution in [1.82, 2.24) is 5.32 Å². The fourth-order valence-corrected chi connectivity index (χ4v) is 1.41. The van der Waals surface area contributed by atoms with Crippen LogP contribution in [0.15, 0.2) is 30.9 Å². The first kappa shape index (κ1) is 13.5. The van der Waals surface area contributed by atoms with E-state index in [1.807, 2.05) is 0 Å². The maximum atomic E-state index is 12.9. The van der Waals surface area contributed by atoms with E-state index < -0.39 is 11.9 Å². The van der Waals surface area contributed by atoms with Gasteiger partial charge in [-0.25, -0.2) is 4.39 Å². The SMILES string of the molecule is C=CCNC(=O)C(C)Nc1ccc(F)c(Cl)c1. The number of rotatable bonds is 5. The maximum Gasteiger partial charge on any atom is 0.242 e. The molecule has 0 radical (unpaired) electrons. The Balaban J connectivity index is 2.61. The number of benzene rings is 1. The Bertz CT molecular complexity index is 423. The number of halogens is 2. The molecule has 0 aromatic heterocycles. The summed E-state index contributed by atoms with van der Waals surface area (Å²) in [5.41, 5.74) is 0.595. The van der Waals surface area contributed by atoms with Crippen molar-refractivity contribution < 1.29 is 9.18 Å². The Hall–Kier alpha value is -1.55. The van der Waals surface area contributed by atoms with Crippen LogP contribution in [-0.2, 0) is 4.79 Å². The lowest BCUT2D eigenvalue weighted by atomic mass is 10.2. The summed E-state index contributed by atoms with van der Waals surface area (Å²) in [4.78, 5) is 11.5. The van der Waals surface area contributed by atoms with Gasteiger partial charge in [0.05, 0.1) is 5.02 Å². The van der Waals surface area contributed by atoms with Gasteiger partial charge < -0.3 is 10.6 Å². The van der Waals surface area contributed by atoms with Crippen LogP contribution in [0.1, 0.15) is 6.92 Å². The molecule has 1 unspecified atom stereocenters. The van der Waals surface area contributed by atoms with Gasteiger partial charge in [0.2, 0.25) is 5.91 Å². The predicted molar refractivity (Wildman–Crippen MR) is 67.7 cm³/mol. The molecular formula is C12H14ClFN2O. The van der Waals surface area contributed by atoms with Crippen molar-refractivity contribution in [2.75, 3.05) is 11.9 Å². The summed E-state index contributed by atoms with van der Waals surface area (Å²) >= 11 is 5.63. The van der Waals surface area contributed by atoms with E-state index in [9.17, 15) is 9.18 Å². The Morgan fingerprint density at radius 3 is 2.94 bits per heavy atom. The zero-order valence-electron chi connectivity index (χ0n) is 9.47. The Labute approximate surface area is 105 Å². The van der Waals surface area contributed by atoms with Gasteiger partial charge in [-0.15, -0.1) is 6.58 Å². The van der Waals surface area contributed by atoms with Crippen LogP contribution in [0.2, 0.25) is 5.02 Å². The van der Waals surface area contributed by atoms with Crippen molar-refractivity contribution in [3.63, 3.8) is 0 Å². The van der Waals surface area contributed by atoms with E-state index in [-0.39, 0.29) is 10.9 Å². The Morgan fingerprint density at radius 1 is 1.65 bits per heavy atom. The quantitative estimate of drug-likeness (QED) is 0.795. The van der Waals surface area contributed by atoms with Crippen LogP contribution in [0.5, 0.6) is 0 Å². The van der Waals surface area contributed by atoms with E-state index in [0.29, 0.717) is 12.2 Å². The highest BCUT2D eigenvalue weighted by atomic mass is 35.5. The second-order valence-electron chi connectivity index (χ2n) is 3.53. The van der Waals surface area contributed by atoms with Crippen molar-refractivity contribution >= 4 is 23.2 Å². The fourth-order valence-electron chi connectivity index (χ4n) is 1.23. The molecule has 17 heavy (non-hydrogen) atoms. The van der Waals surface area contributed by atoms with E-state index in [1.54, 1.807) is 13.0 Å². The van der Waals surface area contributed by atoms with E-state index in [1.165, 1.54) is 18.2 Å². The second-order valence-corrected chi connectivity index (χ2v) is 3.94. The molecule has 0 saturated heterocycles. The van der Waals surface area contributed by atoms with E-state index >= 15 is 0 Å². The van der Waals surface area contributed by atoms with Gasteiger partial charge in [-0.1, -0.05) is 17.7 Å². The number of carbonyl (C=O) groups excluding carboxylic acids is 1. The van der Waals surface area contributed by atoms with E-state index in [0.717, 1.165) is 0 Å². The first-order chi connectivity index (χ1) is 8.04. The van der Waals surface area contributed by atoms with Gasteiger partial charge in [0.1, 0.15) is 11.9 Å². The van der Waals surface area contributed by atoms with Crippen LogP contribution in [-0.4, -0.2) is 18.5 Å². The van der Waals surface area contributed by atoms with Gasteiger partial charge in [-0.2, -0.15) is 0 Å². The lowest BCUT2D eigenvalue weighted by Crippen LogP contribution is -2.37. The molecule has 1 aromatic rings. The van der Waals surface area contributed by atoms with Crippen molar-refractivity contribution in [1.29, 1.82) is 0 Å². The van der Waals surface area contributed by atoms with Crippen molar-refractivity contribution in [3.8, 4) is 0 Å². The molecule has 0 aliphatic heterocycles. The minimum atomic E-state index is -0.485. The summed E-state index contributed by atoms with van der Waals surface area (Å²) in [5, 5.41) is 5.59. The average molecular weight is 257 g/mol. The zero-order chi connectivity index (χ0) is 12.8. The van der Waals surface area contributed by atoms with Crippen molar-refractivity contribution in [3.05, 3.63) is 41.7 Å². The molecule has 5 heteroatoms. The van der Waals surface area contributed by atoms with Gasteiger partial charge in [-0.3, -0.25) is 4.79 Å². The summed E-state index contributed by atoms with van der Waals surface area (Å²) in [6.45, 7) is 5.62. The highest BCUT2D eigenvalue weighted by Crippen LogP contribution is 2.19. The van der Waals surface area contributed by atoms with Gasteiger partial charge in [0.25, 0.3) is 0 Å². The molecule has 2 N–H and O–H groups in total. The molecule has 0 aliphatic rings. The van der Waals surface area contributed by atoms with Gasteiger partial charge >= 0.3 is 0 Å². The van der Waals surface area contributed by atoms with Gasteiger partial charge in [-0.05, 0) is 25.1 Å². The van der Waals surface area contributed by atoms with Crippen LogP contribution in [0.3, 0.4) is 0 Å². The third-order valence-electron chi connectivity index (χ3n) is 2.12. The van der Waals surface area contributed by atoms with Gasteiger partial charge in [0, 0.05) is 12.2 Å². The van der Waals surface area contributed by atoms with E-state index in [4.69, 9.17) is 11.6 Å². The molecule has 1 atom stereocenters. The third-order valence-corrected chi connectivity index (χ3v) is 2.41. The number of amides is 1. The first-order valence-corrected chi connectivity index (χ1v) is 5.52. The standard InChI is InChI=1S/C12H14ClFN2O/c1-3-6-15-12(17)8(2)16-9-4-5-11(14)10(13)7-9/h3-5,7-8,16H,1,6H2,2H3,(H,15,17). The fraction of sp³-hybridized carbons (Fsp3) is 0.250. The number of anilines is 1. The minimum Gasteiger partial charge on any atom is -0.374 e. The zero-order valence-corrected chi connectivity index (χ0v) is 10.2. The number of carbonyl (C=O) groups is 1. The highest BCUT2D eigenvalue weighted by Gasteiger charge is 2.11. The lowest BCUT2D eigenvalue weighted by Gasteiger charge is -2.14. The second kappa shape index (κ2) is 6.25. The molecule has 92 valence electrons. The Kier molecular flexibility index (Phi) is 4.97. The summed E-state index contributed by atoms with van der Waals surface area (Å²) in [5.74, 6) is -0.647. The topological polar surface area (TPSA) is 41.1 Å². The van der Waals surface area contributed by atoms with Crippen molar-refractivity contribution in [2.24, 2.45) is 0 Å². The van der Waals surface area contributed by atoms with Crippen LogP contribution in [0.25, 0.3) is 0 Å². The molecular weight excluding hydrogens is 243 g/mol. The maximum absolute atomic E-state index is 12.9. The molecule has 0 aliphatic carbocycles. The molecule has 0 spiro atoms. The number of hydrogen-bond acceptors (Lipinski definition) is 2. The smallest absolute Gasteiger partial charge is 0.242 e. The molecule has 1 aromatic carbocycles. The minimum absolute atomic E-state index is 0.0219. The van der Waals surface area contributed by atoms with Crippen LogP contribution in [0, 0.1) is 5.82 Å². The van der Waals surface area contributed by atoms with Crippen LogP contribution >= 0.6 is 11.6 Å². The molecule has 1 rings (SSSR count). The summed E-state index contributed by atoms with van der Waals surface area (Å²) in [6, 6.07) is 3.78. The molecule has 1 amide bonds. The molecule has 3 nitrogen and oxygen atoms in total. The number of nitrogens with one attached hydrogen (secondary N) is 2. The normalized spacial score (nSPS) is 11.7. The van der Waals surface area contributed by atoms with Crippen molar-refractivity contribution in [2.45, 2.75) is 13.0 Å².